The first-order valence-corrected chi connectivity index (χ1v) is 12.6. The lowest BCUT2D eigenvalue weighted by atomic mass is 9.74. The second kappa shape index (κ2) is 9.11. The average molecular weight is 506 g/mol. The lowest BCUT2D eigenvalue weighted by Crippen LogP contribution is -2.58. The van der Waals surface area contributed by atoms with Crippen molar-refractivity contribution in [3.8, 4) is 11.3 Å². The maximum Gasteiger partial charge on any atom is 0.229 e. The van der Waals surface area contributed by atoms with Gasteiger partial charge in [0, 0.05) is 36.9 Å². The summed E-state index contributed by atoms with van der Waals surface area (Å²) < 4.78 is 31.6. The zero-order chi connectivity index (χ0) is 25.8. The Morgan fingerprint density at radius 3 is 2.49 bits per heavy atom. The summed E-state index contributed by atoms with van der Waals surface area (Å²) in [6.07, 6.45) is 4.89. The minimum atomic E-state index is -0.644. The molecule has 0 unspecified atom stereocenters. The van der Waals surface area contributed by atoms with Gasteiger partial charge in [-0.1, -0.05) is 6.07 Å². The van der Waals surface area contributed by atoms with Crippen molar-refractivity contribution < 1.29 is 13.9 Å². The molecule has 37 heavy (non-hydrogen) atoms. The van der Waals surface area contributed by atoms with Crippen LogP contribution in [0.1, 0.15) is 50.0 Å². The SMILES string of the molecule is Cc1nc2c(F)cc(-c3nc(Nc4ccc(C5CC(N6CC(O)C6)C5)cn4)ncc3F)cc2n1C(C)C. The van der Waals surface area contributed by atoms with Gasteiger partial charge in [0.25, 0.3) is 0 Å². The lowest BCUT2D eigenvalue weighted by Gasteiger charge is -2.49. The standard InChI is InChI=1S/C27H29F2N7O/c1-14(2)36-15(3)32-26-21(28)8-18(9-23(26)36)25-22(29)11-31-27(34-25)33-24-5-4-16(10-30-24)17-6-19(7-17)35-12-20(37)13-35/h4-5,8-11,14,17,19-20,37H,6-7,12-13H2,1-3H3,(H,30,31,33,34). The Balaban J connectivity index is 1.21. The molecule has 0 bridgehead atoms. The van der Waals surface area contributed by atoms with Crippen LogP contribution in [0.25, 0.3) is 22.3 Å². The van der Waals surface area contributed by atoms with E-state index in [0.29, 0.717) is 34.7 Å². The highest BCUT2D eigenvalue weighted by Gasteiger charge is 2.39. The van der Waals surface area contributed by atoms with E-state index in [1.54, 1.807) is 6.07 Å². The number of imidazole rings is 1. The Hall–Kier alpha value is -3.50. The number of hydrogen-bond acceptors (Lipinski definition) is 7. The molecule has 2 aliphatic rings. The van der Waals surface area contributed by atoms with E-state index in [-0.39, 0.29) is 29.3 Å². The number of pyridine rings is 1. The quantitative estimate of drug-likeness (QED) is 0.392. The number of likely N-dealkylation sites (tertiary alicyclic amines) is 1. The van der Waals surface area contributed by atoms with E-state index in [1.165, 1.54) is 11.6 Å². The number of nitrogens with zero attached hydrogens (tertiary/aromatic N) is 6. The van der Waals surface area contributed by atoms with Crippen LogP contribution in [0.4, 0.5) is 20.5 Å². The van der Waals surface area contributed by atoms with E-state index in [9.17, 15) is 13.9 Å². The van der Waals surface area contributed by atoms with Crippen LogP contribution < -0.4 is 5.32 Å². The van der Waals surface area contributed by atoms with Gasteiger partial charge in [0.2, 0.25) is 5.95 Å². The molecule has 2 fully saturated rings. The Morgan fingerprint density at radius 2 is 1.81 bits per heavy atom. The smallest absolute Gasteiger partial charge is 0.229 e. The zero-order valence-corrected chi connectivity index (χ0v) is 21.0. The van der Waals surface area contributed by atoms with Crippen molar-refractivity contribution in [2.24, 2.45) is 0 Å². The number of β-amino-alcohol motifs (C(OH)–C–C–N with tert-alkyl or cyclic N) is 1. The molecule has 0 spiro atoms. The highest BCUT2D eigenvalue weighted by atomic mass is 19.1. The third-order valence-corrected chi connectivity index (χ3v) is 7.48. The molecule has 4 heterocycles. The summed E-state index contributed by atoms with van der Waals surface area (Å²) in [5, 5.41) is 12.5. The van der Waals surface area contributed by atoms with Crippen molar-refractivity contribution in [2.45, 2.75) is 57.7 Å². The average Bonchev–Trinajstić information content (AvgIpc) is 3.16. The van der Waals surface area contributed by atoms with Crippen molar-refractivity contribution in [1.29, 1.82) is 0 Å². The minimum absolute atomic E-state index is 0.000650. The molecule has 0 amide bonds. The van der Waals surface area contributed by atoms with Gasteiger partial charge in [0.1, 0.15) is 22.9 Å². The minimum Gasteiger partial charge on any atom is -0.390 e. The Labute approximate surface area is 213 Å². The van der Waals surface area contributed by atoms with Crippen LogP contribution >= 0.6 is 0 Å². The molecule has 6 rings (SSSR count). The van der Waals surface area contributed by atoms with Crippen molar-refractivity contribution in [3.05, 3.63) is 59.7 Å². The maximum atomic E-state index is 14.9. The summed E-state index contributed by atoms with van der Waals surface area (Å²) in [7, 11) is 0. The molecule has 1 aromatic carbocycles. The third-order valence-electron chi connectivity index (χ3n) is 7.48. The van der Waals surface area contributed by atoms with Gasteiger partial charge in [0.15, 0.2) is 11.6 Å². The first kappa shape index (κ1) is 23.9. The van der Waals surface area contributed by atoms with E-state index in [0.717, 1.165) is 32.1 Å². The number of halogens is 2. The van der Waals surface area contributed by atoms with Crippen LogP contribution in [-0.2, 0) is 0 Å². The molecule has 0 atom stereocenters. The first-order chi connectivity index (χ1) is 17.8. The summed E-state index contributed by atoms with van der Waals surface area (Å²) in [4.78, 5) is 19.6. The second-order valence-electron chi connectivity index (χ2n) is 10.4. The van der Waals surface area contributed by atoms with E-state index in [1.807, 2.05) is 43.7 Å². The molecule has 0 radical (unpaired) electrons. The van der Waals surface area contributed by atoms with Crippen LogP contribution in [-0.4, -0.2) is 59.7 Å². The Morgan fingerprint density at radius 1 is 1.03 bits per heavy atom. The normalized spacial score (nSPS) is 20.3. The fraction of sp³-hybridized carbons (Fsp3) is 0.407. The number of aliphatic hydroxyl groups excluding tert-OH is 1. The molecular weight excluding hydrogens is 476 g/mol. The van der Waals surface area contributed by atoms with Gasteiger partial charge in [0.05, 0.1) is 17.8 Å². The third kappa shape index (κ3) is 4.34. The molecule has 1 saturated heterocycles. The highest BCUT2D eigenvalue weighted by molar-refractivity contribution is 5.83. The number of anilines is 2. The van der Waals surface area contributed by atoms with Gasteiger partial charge in [-0.25, -0.2) is 28.7 Å². The van der Waals surface area contributed by atoms with Crippen molar-refractivity contribution >= 4 is 22.8 Å². The number of aliphatic hydroxyl groups is 1. The van der Waals surface area contributed by atoms with Crippen LogP contribution in [0.15, 0.2) is 36.7 Å². The summed E-state index contributed by atoms with van der Waals surface area (Å²) in [5.41, 5.74) is 2.33. The largest absolute Gasteiger partial charge is 0.390 e. The summed E-state index contributed by atoms with van der Waals surface area (Å²) in [5.74, 6) is 0.699. The molecule has 4 aromatic rings. The zero-order valence-electron chi connectivity index (χ0n) is 21.0. The number of fused-ring (bicyclic) bond motifs is 1. The van der Waals surface area contributed by atoms with E-state index in [4.69, 9.17) is 0 Å². The molecule has 1 aliphatic heterocycles. The molecular formula is C27H29F2N7O. The summed E-state index contributed by atoms with van der Waals surface area (Å²) in [6, 6.07) is 7.48. The van der Waals surface area contributed by atoms with E-state index in [2.05, 4.69) is 30.2 Å². The maximum absolute atomic E-state index is 14.9. The van der Waals surface area contributed by atoms with Gasteiger partial charge in [-0.3, -0.25) is 4.90 Å². The van der Waals surface area contributed by atoms with Crippen LogP contribution in [0.5, 0.6) is 0 Å². The van der Waals surface area contributed by atoms with Gasteiger partial charge in [-0.2, -0.15) is 0 Å². The molecule has 192 valence electrons. The van der Waals surface area contributed by atoms with Gasteiger partial charge in [-0.05, 0) is 63.3 Å². The van der Waals surface area contributed by atoms with Crippen LogP contribution in [0.2, 0.25) is 0 Å². The number of benzene rings is 1. The number of aryl methyl sites for hydroxylation is 1. The number of rotatable bonds is 6. The van der Waals surface area contributed by atoms with Gasteiger partial charge >= 0.3 is 0 Å². The second-order valence-corrected chi connectivity index (χ2v) is 10.4. The monoisotopic (exact) mass is 505 g/mol. The van der Waals surface area contributed by atoms with E-state index >= 15 is 0 Å². The topological polar surface area (TPSA) is 92.0 Å². The van der Waals surface area contributed by atoms with Gasteiger partial charge in [-0.15, -0.1) is 0 Å². The van der Waals surface area contributed by atoms with E-state index < -0.39 is 11.6 Å². The molecule has 1 aliphatic carbocycles. The molecule has 10 heteroatoms. The summed E-state index contributed by atoms with van der Waals surface area (Å²) >= 11 is 0. The van der Waals surface area contributed by atoms with Crippen LogP contribution in [0, 0.1) is 18.6 Å². The molecule has 1 saturated carbocycles. The number of hydrogen-bond donors (Lipinski definition) is 2. The summed E-state index contributed by atoms with van der Waals surface area (Å²) in [6.45, 7) is 7.36. The van der Waals surface area contributed by atoms with Crippen molar-refractivity contribution in [2.75, 3.05) is 18.4 Å². The predicted molar refractivity (Wildman–Crippen MR) is 137 cm³/mol. The fourth-order valence-corrected chi connectivity index (χ4v) is 5.47. The Kier molecular flexibility index (Phi) is 5.88. The Bertz CT molecular complexity index is 1460. The van der Waals surface area contributed by atoms with Gasteiger partial charge < -0.3 is 15.0 Å². The van der Waals surface area contributed by atoms with Crippen LogP contribution in [0.3, 0.4) is 0 Å². The molecule has 2 N–H and O–H groups in total. The van der Waals surface area contributed by atoms with Crippen molar-refractivity contribution in [3.63, 3.8) is 0 Å². The number of nitrogens with one attached hydrogen (secondary N) is 1. The first-order valence-electron chi connectivity index (χ1n) is 12.6. The highest BCUT2D eigenvalue weighted by Crippen LogP contribution is 2.41. The number of aromatic nitrogens is 5. The predicted octanol–water partition coefficient (Wildman–Crippen LogP) is 4.72. The van der Waals surface area contributed by atoms with Crippen molar-refractivity contribution in [1.82, 2.24) is 29.4 Å². The fourth-order valence-electron chi connectivity index (χ4n) is 5.47. The molecule has 3 aromatic heterocycles. The lowest BCUT2D eigenvalue weighted by molar-refractivity contribution is -0.0494. The molecule has 8 nitrogen and oxygen atoms in total.